The van der Waals surface area contributed by atoms with Crippen LogP contribution in [-0.4, -0.2) is 32.2 Å². The molecule has 1 unspecified atom stereocenters. The molecule has 2 aromatic heterocycles. The van der Waals surface area contributed by atoms with Crippen LogP contribution in [0.25, 0.3) is 11.4 Å². The number of rotatable bonds is 6. The Labute approximate surface area is 153 Å². The number of nitrogens with zero attached hydrogens (tertiary/aromatic N) is 4. The van der Waals surface area contributed by atoms with Crippen molar-refractivity contribution in [2.45, 2.75) is 38.5 Å². The molecule has 3 heterocycles. The van der Waals surface area contributed by atoms with E-state index in [0.717, 1.165) is 31.0 Å². The van der Waals surface area contributed by atoms with E-state index < -0.39 is 0 Å². The summed E-state index contributed by atoms with van der Waals surface area (Å²) in [6.07, 6.45) is 11.2. The largest absolute Gasteiger partial charge is 0.376 e. The van der Waals surface area contributed by atoms with Gasteiger partial charge in [-0.2, -0.15) is 0 Å². The molecule has 0 amide bonds. The minimum absolute atomic E-state index is 0.268. The Balaban J connectivity index is 1.41. The van der Waals surface area contributed by atoms with E-state index >= 15 is 0 Å². The van der Waals surface area contributed by atoms with E-state index in [1.54, 1.807) is 0 Å². The third kappa shape index (κ3) is 4.08. The fourth-order valence-electron chi connectivity index (χ4n) is 3.20. The van der Waals surface area contributed by atoms with Crippen LogP contribution in [0.3, 0.4) is 0 Å². The van der Waals surface area contributed by atoms with Crippen molar-refractivity contribution in [2.75, 3.05) is 11.9 Å². The molecule has 1 atom stereocenters. The van der Waals surface area contributed by atoms with E-state index in [2.05, 4.69) is 37.0 Å². The van der Waals surface area contributed by atoms with Crippen molar-refractivity contribution in [3.8, 4) is 11.4 Å². The van der Waals surface area contributed by atoms with Gasteiger partial charge in [0, 0.05) is 37.9 Å². The molecule has 1 fully saturated rings. The first-order chi connectivity index (χ1) is 12.9. The van der Waals surface area contributed by atoms with E-state index in [9.17, 15) is 0 Å². The first-order valence-electron chi connectivity index (χ1n) is 9.11. The number of benzene rings is 1. The van der Waals surface area contributed by atoms with Gasteiger partial charge in [0.1, 0.15) is 5.82 Å². The minimum atomic E-state index is 0.268. The zero-order valence-electron chi connectivity index (χ0n) is 14.7. The second-order valence-electron chi connectivity index (χ2n) is 6.53. The van der Waals surface area contributed by atoms with Crippen LogP contribution in [0.15, 0.2) is 55.1 Å². The maximum Gasteiger partial charge on any atom is 0.222 e. The van der Waals surface area contributed by atoms with E-state index in [1.165, 1.54) is 18.4 Å². The lowest BCUT2D eigenvalue weighted by Gasteiger charge is -2.23. The SMILES string of the molecule is c1ccc(CNc2ncc(-c3nccn3CC3CCCCO3)cn2)cc1. The van der Waals surface area contributed by atoms with Crippen molar-refractivity contribution in [1.29, 1.82) is 0 Å². The maximum absolute atomic E-state index is 5.85. The molecule has 1 aromatic carbocycles. The lowest BCUT2D eigenvalue weighted by atomic mass is 10.1. The number of imidazole rings is 1. The van der Waals surface area contributed by atoms with Crippen molar-refractivity contribution in [3.63, 3.8) is 0 Å². The van der Waals surface area contributed by atoms with E-state index in [0.29, 0.717) is 12.5 Å². The zero-order chi connectivity index (χ0) is 17.6. The smallest absolute Gasteiger partial charge is 0.222 e. The molecule has 6 nitrogen and oxygen atoms in total. The van der Waals surface area contributed by atoms with E-state index in [-0.39, 0.29) is 6.10 Å². The molecule has 1 N–H and O–H groups in total. The summed E-state index contributed by atoms with van der Waals surface area (Å²) in [6, 6.07) is 10.2. The number of nitrogens with one attached hydrogen (secondary N) is 1. The van der Waals surface area contributed by atoms with Crippen LogP contribution >= 0.6 is 0 Å². The van der Waals surface area contributed by atoms with Crippen molar-refractivity contribution in [3.05, 3.63) is 60.7 Å². The Morgan fingerprint density at radius 1 is 1.08 bits per heavy atom. The number of anilines is 1. The molecular weight excluding hydrogens is 326 g/mol. The summed E-state index contributed by atoms with van der Waals surface area (Å²) < 4.78 is 7.98. The zero-order valence-corrected chi connectivity index (χ0v) is 14.7. The highest BCUT2D eigenvalue weighted by Crippen LogP contribution is 2.20. The molecule has 3 aromatic rings. The highest BCUT2D eigenvalue weighted by atomic mass is 16.5. The van der Waals surface area contributed by atoms with Gasteiger partial charge in [-0.3, -0.25) is 0 Å². The Hall–Kier alpha value is -2.73. The molecular formula is C20H23N5O. The van der Waals surface area contributed by atoms with Gasteiger partial charge in [0.2, 0.25) is 5.95 Å². The standard InChI is InChI=1S/C20H23N5O/c1-2-6-16(7-3-1)12-22-20-23-13-17(14-24-20)19-21-9-10-25(19)15-18-8-4-5-11-26-18/h1-3,6-7,9-10,13-14,18H,4-5,8,11-12,15H2,(H,22,23,24). The van der Waals surface area contributed by atoms with Crippen LogP contribution in [0.4, 0.5) is 5.95 Å². The summed E-state index contributed by atoms with van der Waals surface area (Å²) in [6.45, 7) is 2.39. The van der Waals surface area contributed by atoms with Crippen molar-refractivity contribution in [2.24, 2.45) is 0 Å². The van der Waals surface area contributed by atoms with Gasteiger partial charge in [-0.15, -0.1) is 0 Å². The predicted octanol–water partition coefficient (Wildman–Crippen LogP) is 3.52. The molecule has 1 aliphatic rings. The topological polar surface area (TPSA) is 64.9 Å². The van der Waals surface area contributed by atoms with Crippen LogP contribution < -0.4 is 5.32 Å². The number of hydrogen-bond donors (Lipinski definition) is 1. The van der Waals surface area contributed by atoms with Crippen LogP contribution in [0.1, 0.15) is 24.8 Å². The quantitative estimate of drug-likeness (QED) is 0.738. The minimum Gasteiger partial charge on any atom is -0.376 e. The van der Waals surface area contributed by atoms with Crippen molar-refractivity contribution >= 4 is 5.95 Å². The molecule has 0 aliphatic carbocycles. The highest BCUT2D eigenvalue weighted by molar-refractivity contribution is 5.53. The average Bonchev–Trinajstić information content (AvgIpc) is 3.16. The Morgan fingerprint density at radius 3 is 2.69 bits per heavy atom. The molecule has 1 aliphatic heterocycles. The fourth-order valence-corrected chi connectivity index (χ4v) is 3.20. The molecule has 1 saturated heterocycles. The van der Waals surface area contributed by atoms with Crippen molar-refractivity contribution in [1.82, 2.24) is 19.5 Å². The van der Waals surface area contributed by atoms with Gasteiger partial charge >= 0.3 is 0 Å². The normalized spacial score (nSPS) is 17.2. The molecule has 26 heavy (non-hydrogen) atoms. The molecule has 134 valence electrons. The van der Waals surface area contributed by atoms with Crippen molar-refractivity contribution < 1.29 is 4.74 Å². The van der Waals surface area contributed by atoms with Crippen LogP contribution in [0.5, 0.6) is 0 Å². The first kappa shape index (κ1) is 16.7. The highest BCUT2D eigenvalue weighted by Gasteiger charge is 2.16. The van der Waals surface area contributed by atoms with Gasteiger partial charge < -0.3 is 14.6 Å². The summed E-state index contributed by atoms with van der Waals surface area (Å²) in [5.74, 6) is 1.50. The average molecular weight is 349 g/mol. The van der Waals surface area contributed by atoms with Crippen LogP contribution in [-0.2, 0) is 17.8 Å². The van der Waals surface area contributed by atoms with E-state index in [1.807, 2.05) is 43.0 Å². The van der Waals surface area contributed by atoms with Gasteiger partial charge in [-0.25, -0.2) is 15.0 Å². The monoisotopic (exact) mass is 349 g/mol. The molecule has 0 radical (unpaired) electrons. The van der Waals surface area contributed by atoms with Gasteiger partial charge in [0.05, 0.1) is 18.2 Å². The summed E-state index contributed by atoms with van der Waals surface area (Å²) >= 11 is 0. The maximum atomic E-state index is 5.85. The Kier molecular flexibility index (Phi) is 5.21. The van der Waals surface area contributed by atoms with Gasteiger partial charge in [0.25, 0.3) is 0 Å². The predicted molar refractivity (Wildman–Crippen MR) is 101 cm³/mol. The van der Waals surface area contributed by atoms with Crippen LogP contribution in [0.2, 0.25) is 0 Å². The first-order valence-corrected chi connectivity index (χ1v) is 9.11. The Bertz CT molecular complexity index is 810. The second-order valence-corrected chi connectivity index (χ2v) is 6.53. The second kappa shape index (κ2) is 8.10. The summed E-state index contributed by atoms with van der Waals surface area (Å²) in [7, 11) is 0. The molecule has 0 bridgehead atoms. The third-order valence-corrected chi connectivity index (χ3v) is 4.59. The number of hydrogen-bond acceptors (Lipinski definition) is 5. The molecule has 6 heteroatoms. The lowest BCUT2D eigenvalue weighted by Crippen LogP contribution is -2.24. The summed E-state index contributed by atoms with van der Waals surface area (Å²) in [4.78, 5) is 13.3. The van der Waals surface area contributed by atoms with Gasteiger partial charge in [-0.1, -0.05) is 30.3 Å². The third-order valence-electron chi connectivity index (χ3n) is 4.59. The molecule has 0 saturated carbocycles. The van der Waals surface area contributed by atoms with Gasteiger partial charge in [0.15, 0.2) is 0 Å². The Morgan fingerprint density at radius 2 is 1.92 bits per heavy atom. The number of aromatic nitrogens is 4. The lowest BCUT2D eigenvalue weighted by molar-refractivity contribution is 0.00624. The van der Waals surface area contributed by atoms with E-state index in [4.69, 9.17) is 4.74 Å². The summed E-state index contributed by atoms with van der Waals surface area (Å²) in [5, 5.41) is 3.24. The van der Waals surface area contributed by atoms with Gasteiger partial charge in [-0.05, 0) is 24.8 Å². The fraction of sp³-hybridized carbons (Fsp3) is 0.350. The number of ether oxygens (including phenoxy) is 1. The van der Waals surface area contributed by atoms with Crippen LogP contribution in [0, 0.1) is 0 Å². The molecule has 0 spiro atoms. The summed E-state index contributed by atoms with van der Waals surface area (Å²) in [5.41, 5.74) is 2.11. The molecule has 4 rings (SSSR count).